The zero-order chi connectivity index (χ0) is 47.0. The molecule has 14 aromatic rings. The zero-order valence-electron chi connectivity index (χ0n) is 39.1. The van der Waals surface area contributed by atoms with E-state index in [2.05, 4.69) is 258 Å². The number of benzene rings is 10. The van der Waals surface area contributed by atoms with Crippen LogP contribution in [-0.4, -0.2) is 14.0 Å². The third-order valence-electron chi connectivity index (χ3n) is 15.3. The molecule has 4 heterocycles. The zero-order valence-corrected chi connectivity index (χ0v) is 40.0. The molecule has 0 spiro atoms. The van der Waals surface area contributed by atoms with E-state index >= 15 is 0 Å². The number of rotatable bonds is 6. The highest BCUT2D eigenvalue weighted by atomic mass is 32.1. The SMILES string of the molecule is CC1(C)c2ccccc2-c2c(N(c3ccc(-c4ccc5sc6ccccc6c5c4)cc3)c3ccc(-c4ccc5c(c4)c4ccccc4c4nc6c7ccccc7n(-c7ccccc7)c6n54)cc3)cccc21. The Morgan fingerprint density at radius 2 is 1.03 bits per heavy atom. The molecular weight excluding hydrogens is 881 g/mol. The van der Waals surface area contributed by atoms with Crippen LogP contribution in [0.1, 0.15) is 25.0 Å². The molecule has 0 fully saturated rings. The molecule has 0 unspecified atom stereocenters. The van der Waals surface area contributed by atoms with Gasteiger partial charge in [0.05, 0.1) is 16.7 Å². The summed E-state index contributed by atoms with van der Waals surface area (Å²) < 4.78 is 7.40. The molecule has 4 nitrogen and oxygen atoms in total. The third-order valence-corrected chi connectivity index (χ3v) is 16.4. The first kappa shape index (κ1) is 40.1. The minimum Gasteiger partial charge on any atom is -0.310 e. The Kier molecular flexibility index (Phi) is 8.55. The summed E-state index contributed by atoms with van der Waals surface area (Å²) in [7, 11) is 0. The van der Waals surface area contributed by atoms with Gasteiger partial charge >= 0.3 is 0 Å². The molecule has 0 radical (unpaired) electrons. The molecule has 0 N–H and O–H groups in total. The van der Waals surface area contributed by atoms with Gasteiger partial charge in [-0.3, -0.25) is 8.97 Å². The lowest BCUT2D eigenvalue weighted by molar-refractivity contribution is 0.660. The smallest absolute Gasteiger partial charge is 0.151 e. The van der Waals surface area contributed by atoms with Crippen LogP contribution in [-0.2, 0) is 5.41 Å². The van der Waals surface area contributed by atoms with Crippen LogP contribution in [0.2, 0.25) is 0 Å². The van der Waals surface area contributed by atoms with E-state index in [1.807, 2.05) is 11.3 Å². The molecule has 15 rings (SSSR count). The summed E-state index contributed by atoms with van der Waals surface area (Å²) in [5, 5.41) is 7.29. The predicted octanol–water partition coefficient (Wildman–Crippen LogP) is 18.2. The molecule has 71 heavy (non-hydrogen) atoms. The van der Waals surface area contributed by atoms with Crippen molar-refractivity contribution in [2.24, 2.45) is 0 Å². The lowest BCUT2D eigenvalue weighted by Crippen LogP contribution is -2.16. The molecule has 0 amide bonds. The van der Waals surface area contributed by atoms with Crippen LogP contribution in [0, 0.1) is 0 Å². The molecule has 0 saturated heterocycles. The Hall–Kier alpha value is -8.77. The van der Waals surface area contributed by atoms with E-state index in [1.165, 1.54) is 70.0 Å². The minimum atomic E-state index is -0.127. The Balaban J connectivity index is 0.881. The molecule has 0 atom stereocenters. The third kappa shape index (κ3) is 5.87. The normalized spacial score (nSPS) is 13.0. The highest BCUT2D eigenvalue weighted by Gasteiger charge is 2.37. The Labute approximate surface area is 414 Å². The number of hydrogen-bond donors (Lipinski definition) is 0. The Morgan fingerprint density at radius 3 is 1.80 bits per heavy atom. The van der Waals surface area contributed by atoms with Crippen molar-refractivity contribution in [3.05, 3.63) is 242 Å². The second-order valence-corrected chi connectivity index (χ2v) is 20.6. The molecule has 334 valence electrons. The fourth-order valence-corrected chi connectivity index (χ4v) is 13.0. The van der Waals surface area contributed by atoms with Crippen molar-refractivity contribution in [2.75, 3.05) is 4.90 Å². The van der Waals surface area contributed by atoms with Crippen LogP contribution in [0.25, 0.3) is 109 Å². The van der Waals surface area contributed by atoms with Gasteiger partial charge in [-0.1, -0.05) is 166 Å². The molecule has 0 bridgehead atoms. The number of imidazole rings is 1. The van der Waals surface area contributed by atoms with Crippen LogP contribution in [0.5, 0.6) is 0 Å². The summed E-state index contributed by atoms with van der Waals surface area (Å²) in [6.07, 6.45) is 0. The molecule has 4 aromatic heterocycles. The highest BCUT2D eigenvalue weighted by Crippen LogP contribution is 2.54. The van der Waals surface area contributed by atoms with Crippen molar-refractivity contribution in [3.8, 4) is 39.1 Å². The van der Waals surface area contributed by atoms with E-state index in [9.17, 15) is 0 Å². The summed E-state index contributed by atoms with van der Waals surface area (Å²) in [5.74, 6) is 0. The van der Waals surface area contributed by atoms with E-state index in [4.69, 9.17) is 4.98 Å². The second-order valence-electron chi connectivity index (χ2n) is 19.5. The first-order chi connectivity index (χ1) is 35.0. The predicted molar refractivity (Wildman–Crippen MR) is 301 cm³/mol. The number of nitrogens with zero attached hydrogens (tertiary/aromatic N) is 4. The maximum atomic E-state index is 5.44. The summed E-state index contributed by atoms with van der Waals surface area (Å²) in [4.78, 5) is 7.90. The monoisotopic (exact) mass is 924 g/mol. The second kappa shape index (κ2) is 15.1. The van der Waals surface area contributed by atoms with Crippen LogP contribution >= 0.6 is 11.3 Å². The lowest BCUT2D eigenvalue weighted by Gasteiger charge is -2.29. The number of aromatic nitrogens is 3. The minimum absolute atomic E-state index is 0.127. The van der Waals surface area contributed by atoms with Crippen molar-refractivity contribution >= 4 is 98.0 Å². The summed E-state index contributed by atoms with van der Waals surface area (Å²) in [5.41, 5.74) is 19.7. The van der Waals surface area contributed by atoms with Gasteiger partial charge in [0.2, 0.25) is 0 Å². The van der Waals surface area contributed by atoms with Gasteiger partial charge in [0.25, 0.3) is 0 Å². The van der Waals surface area contributed by atoms with Gasteiger partial charge in [0.1, 0.15) is 11.2 Å². The van der Waals surface area contributed by atoms with Crippen molar-refractivity contribution in [3.63, 3.8) is 0 Å². The van der Waals surface area contributed by atoms with Gasteiger partial charge in [-0.2, -0.15) is 0 Å². The first-order valence-electron chi connectivity index (χ1n) is 24.5. The molecule has 0 aliphatic heterocycles. The van der Waals surface area contributed by atoms with Gasteiger partial charge in [-0.05, 0) is 123 Å². The lowest BCUT2D eigenvalue weighted by atomic mass is 9.82. The van der Waals surface area contributed by atoms with Crippen LogP contribution < -0.4 is 4.90 Å². The van der Waals surface area contributed by atoms with E-state index in [0.29, 0.717) is 0 Å². The van der Waals surface area contributed by atoms with Gasteiger partial charge in [-0.25, -0.2) is 4.98 Å². The average Bonchev–Trinajstić information content (AvgIpc) is 4.16. The van der Waals surface area contributed by atoms with Crippen LogP contribution in [0.15, 0.2) is 231 Å². The number of thiophene rings is 1. The maximum Gasteiger partial charge on any atom is 0.151 e. The topological polar surface area (TPSA) is 25.5 Å². The number of hydrogen-bond acceptors (Lipinski definition) is 3. The van der Waals surface area contributed by atoms with E-state index in [1.54, 1.807) is 0 Å². The average molecular weight is 925 g/mol. The molecule has 0 saturated carbocycles. The van der Waals surface area contributed by atoms with Crippen LogP contribution in [0.3, 0.4) is 0 Å². The quantitative estimate of drug-likeness (QED) is 0.155. The van der Waals surface area contributed by atoms with Crippen molar-refractivity contribution in [1.29, 1.82) is 0 Å². The Morgan fingerprint density at radius 1 is 0.437 bits per heavy atom. The van der Waals surface area contributed by atoms with Crippen molar-refractivity contribution < 1.29 is 0 Å². The van der Waals surface area contributed by atoms with E-state index < -0.39 is 0 Å². The molecule has 1 aliphatic rings. The molecular formula is C66H44N4S. The molecule has 1 aliphatic carbocycles. The highest BCUT2D eigenvalue weighted by molar-refractivity contribution is 7.25. The van der Waals surface area contributed by atoms with E-state index in [0.717, 1.165) is 66.8 Å². The molecule has 10 aromatic carbocycles. The van der Waals surface area contributed by atoms with E-state index in [-0.39, 0.29) is 5.41 Å². The van der Waals surface area contributed by atoms with Crippen LogP contribution in [0.4, 0.5) is 17.1 Å². The van der Waals surface area contributed by atoms with Gasteiger partial charge in [-0.15, -0.1) is 11.3 Å². The fourth-order valence-electron chi connectivity index (χ4n) is 11.9. The van der Waals surface area contributed by atoms with Gasteiger partial charge in [0.15, 0.2) is 5.65 Å². The fraction of sp³-hybridized carbons (Fsp3) is 0.0455. The van der Waals surface area contributed by atoms with Crippen molar-refractivity contribution in [1.82, 2.24) is 14.0 Å². The number of anilines is 3. The largest absolute Gasteiger partial charge is 0.310 e. The number of para-hydroxylation sites is 2. The summed E-state index contributed by atoms with van der Waals surface area (Å²) in [6.45, 7) is 4.72. The summed E-state index contributed by atoms with van der Waals surface area (Å²) >= 11 is 1.86. The number of pyridine rings is 1. The van der Waals surface area contributed by atoms with Crippen molar-refractivity contribution in [2.45, 2.75) is 19.3 Å². The summed E-state index contributed by atoms with van der Waals surface area (Å²) in [6, 6.07) is 84.8. The van der Waals surface area contributed by atoms with Gasteiger partial charge in [0, 0.05) is 64.4 Å². The Bertz CT molecular complexity index is 4480. The standard InChI is InChI=1S/C66H44N4S/c1-66(2)55-22-11-8-20-51(55)62-56(66)23-14-25-59(62)68(47-35-29-42(30-36-47)44-32-38-61-54(40-44)49-18-10-13-26-60(49)71-61)46-33-27-41(28-34-46)43-31-37-58-53(39-43)48-17-6-7-19-50(48)64-67-63-52-21-9-12-24-57(52)69(65(63)70(58)64)45-15-4-3-5-16-45/h3-40H,1-2H3. The molecule has 5 heteroatoms. The maximum absolute atomic E-state index is 5.44. The first-order valence-corrected chi connectivity index (χ1v) is 25.3. The number of fused-ring (bicyclic) bond motifs is 16. The van der Waals surface area contributed by atoms with Gasteiger partial charge < -0.3 is 4.90 Å².